The minimum absolute atomic E-state index is 0.0649. The first-order valence-corrected chi connectivity index (χ1v) is 8.82. The molecule has 3 amide bonds. The summed E-state index contributed by atoms with van der Waals surface area (Å²) < 4.78 is 1.91. The normalized spacial score (nSPS) is 14.6. The van der Waals surface area contributed by atoms with Crippen LogP contribution in [0.15, 0.2) is 43.0 Å². The Morgan fingerprint density at radius 1 is 1.33 bits per heavy atom. The summed E-state index contributed by atoms with van der Waals surface area (Å²) in [4.78, 5) is 34.9. The quantitative estimate of drug-likeness (QED) is 0.747. The Bertz CT molecular complexity index is 1030. The molecule has 138 valence electrons. The maximum absolute atomic E-state index is 12.9. The smallest absolute Gasteiger partial charge is 0.324 e. The highest BCUT2D eigenvalue weighted by Gasteiger charge is 2.29. The fourth-order valence-corrected chi connectivity index (χ4v) is 3.24. The van der Waals surface area contributed by atoms with Crippen LogP contribution in [0.4, 0.5) is 16.3 Å². The van der Waals surface area contributed by atoms with E-state index in [1.54, 1.807) is 12.4 Å². The van der Waals surface area contributed by atoms with E-state index in [0.717, 1.165) is 16.8 Å². The zero-order valence-electron chi connectivity index (χ0n) is 15.1. The van der Waals surface area contributed by atoms with Crippen LogP contribution in [-0.4, -0.2) is 32.9 Å². The molecule has 0 bridgehead atoms. The number of carbonyl (C=O) groups excluding carboxylic acids is 2. The molecule has 8 nitrogen and oxygen atoms in total. The fraction of sp³-hybridized carbons (Fsp3) is 0.263. The van der Waals surface area contributed by atoms with E-state index in [1.165, 1.54) is 4.90 Å². The maximum atomic E-state index is 12.9. The number of amides is 3. The Morgan fingerprint density at radius 2 is 2.19 bits per heavy atom. The lowest BCUT2D eigenvalue weighted by Gasteiger charge is -2.30. The number of pyridine rings is 2. The van der Waals surface area contributed by atoms with Crippen LogP contribution in [0.2, 0.25) is 0 Å². The van der Waals surface area contributed by atoms with E-state index in [0.29, 0.717) is 17.9 Å². The lowest BCUT2D eigenvalue weighted by Crippen LogP contribution is -2.48. The Hall–Kier alpha value is -3.42. The molecule has 4 heterocycles. The van der Waals surface area contributed by atoms with E-state index in [-0.39, 0.29) is 24.5 Å². The largest absolute Gasteiger partial charge is 0.331 e. The van der Waals surface area contributed by atoms with Gasteiger partial charge in [-0.25, -0.2) is 14.8 Å². The van der Waals surface area contributed by atoms with E-state index in [9.17, 15) is 9.59 Å². The second-order valence-electron chi connectivity index (χ2n) is 6.58. The molecule has 1 atom stereocenters. The number of nitrogens with one attached hydrogen (secondary N) is 2. The Balaban J connectivity index is 1.59. The SMILES string of the molecule is CCC(NC(=O)N1CC(=O)Nc2cc(C)cnc21)c1ccn2ccnc2c1. The third-order valence-corrected chi connectivity index (χ3v) is 4.61. The average Bonchev–Trinajstić information content (AvgIpc) is 3.12. The highest BCUT2D eigenvalue weighted by Crippen LogP contribution is 2.28. The highest BCUT2D eigenvalue weighted by molar-refractivity contribution is 6.08. The Morgan fingerprint density at radius 3 is 3.00 bits per heavy atom. The third kappa shape index (κ3) is 3.21. The monoisotopic (exact) mass is 364 g/mol. The number of carbonyl (C=O) groups is 2. The topological polar surface area (TPSA) is 91.6 Å². The van der Waals surface area contributed by atoms with Gasteiger partial charge in [-0.1, -0.05) is 6.92 Å². The van der Waals surface area contributed by atoms with Crippen LogP contribution in [-0.2, 0) is 4.79 Å². The number of imidazole rings is 1. The molecule has 0 aliphatic carbocycles. The van der Waals surface area contributed by atoms with Crippen molar-refractivity contribution < 1.29 is 9.59 Å². The fourth-order valence-electron chi connectivity index (χ4n) is 3.24. The number of anilines is 2. The van der Waals surface area contributed by atoms with Gasteiger partial charge in [-0.3, -0.25) is 9.69 Å². The predicted molar refractivity (Wildman–Crippen MR) is 102 cm³/mol. The molecule has 2 N–H and O–H groups in total. The number of hydrogen-bond donors (Lipinski definition) is 2. The lowest BCUT2D eigenvalue weighted by molar-refractivity contribution is -0.115. The van der Waals surface area contributed by atoms with Crippen LogP contribution in [0.25, 0.3) is 5.65 Å². The number of fused-ring (bicyclic) bond motifs is 2. The summed E-state index contributed by atoms with van der Waals surface area (Å²) in [6.07, 6.45) is 7.91. The van der Waals surface area contributed by atoms with Gasteiger partial charge >= 0.3 is 6.03 Å². The lowest BCUT2D eigenvalue weighted by atomic mass is 10.1. The van der Waals surface area contributed by atoms with Crippen molar-refractivity contribution >= 4 is 29.1 Å². The standard InChI is InChI=1S/C19H20N6O2/c1-3-14(13-4-6-24-7-5-20-16(24)9-13)23-19(27)25-11-17(26)22-15-8-12(2)10-21-18(15)25/h4-10,14H,3,11H2,1-2H3,(H,22,26)(H,23,27). The van der Waals surface area contributed by atoms with Crippen molar-refractivity contribution in [2.45, 2.75) is 26.3 Å². The van der Waals surface area contributed by atoms with Gasteiger partial charge in [0.1, 0.15) is 12.2 Å². The van der Waals surface area contributed by atoms with Crippen LogP contribution in [0.1, 0.15) is 30.5 Å². The number of hydrogen-bond acceptors (Lipinski definition) is 4. The number of aryl methyl sites for hydroxylation is 1. The van der Waals surface area contributed by atoms with E-state index in [4.69, 9.17) is 0 Å². The summed E-state index contributed by atoms with van der Waals surface area (Å²) in [7, 11) is 0. The van der Waals surface area contributed by atoms with E-state index < -0.39 is 0 Å². The molecule has 3 aromatic rings. The first-order chi connectivity index (χ1) is 13.0. The summed E-state index contributed by atoms with van der Waals surface area (Å²) in [5.41, 5.74) is 3.24. The number of aromatic nitrogens is 3. The van der Waals surface area contributed by atoms with Gasteiger partial charge in [-0.05, 0) is 42.7 Å². The molecule has 8 heteroatoms. The van der Waals surface area contributed by atoms with Crippen LogP contribution in [0, 0.1) is 6.92 Å². The van der Waals surface area contributed by atoms with Crippen LogP contribution < -0.4 is 15.5 Å². The van der Waals surface area contributed by atoms with E-state index >= 15 is 0 Å². The number of rotatable bonds is 3. The summed E-state index contributed by atoms with van der Waals surface area (Å²) in [6, 6.07) is 5.17. The third-order valence-electron chi connectivity index (χ3n) is 4.61. The molecule has 0 fully saturated rings. The van der Waals surface area contributed by atoms with Gasteiger partial charge in [0.05, 0.1) is 11.7 Å². The van der Waals surface area contributed by atoms with E-state index in [1.807, 2.05) is 48.8 Å². The van der Waals surface area contributed by atoms with Gasteiger partial charge < -0.3 is 15.0 Å². The number of nitrogens with zero attached hydrogens (tertiary/aromatic N) is 4. The number of urea groups is 1. The predicted octanol–water partition coefficient (Wildman–Crippen LogP) is 2.66. The van der Waals surface area contributed by atoms with E-state index in [2.05, 4.69) is 20.6 Å². The minimum Gasteiger partial charge on any atom is -0.331 e. The zero-order valence-corrected chi connectivity index (χ0v) is 15.1. The first-order valence-electron chi connectivity index (χ1n) is 8.82. The Kier molecular flexibility index (Phi) is 4.23. The van der Waals surface area contributed by atoms with Crippen molar-refractivity contribution in [2.24, 2.45) is 0 Å². The molecular weight excluding hydrogens is 344 g/mol. The second kappa shape index (κ2) is 6.71. The van der Waals surface area contributed by atoms with Gasteiger partial charge in [0.2, 0.25) is 5.91 Å². The summed E-state index contributed by atoms with van der Waals surface area (Å²) in [6.45, 7) is 3.82. The molecule has 0 aromatic carbocycles. The molecule has 0 radical (unpaired) electrons. The molecule has 1 aliphatic rings. The Labute approximate surface area is 156 Å². The summed E-state index contributed by atoms with van der Waals surface area (Å²) >= 11 is 0. The van der Waals surface area contributed by atoms with Gasteiger partial charge in [0.25, 0.3) is 0 Å². The molecule has 0 saturated carbocycles. The van der Waals surface area contributed by atoms with Crippen LogP contribution in [0.3, 0.4) is 0 Å². The van der Waals surface area contributed by atoms with Gasteiger partial charge in [-0.2, -0.15) is 0 Å². The molecule has 1 unspecified atom stereocenters. The molecule has 27 heavy (non-hydrogen) atoms. The zero-order chi connectivity index (χ0) is 19.0. The molecule has 0 spiro atoms. The van der Waals surface area contributed by atoms with Crippen LogP contribution in [0.5, 0.6) is 0 Å². The molecule has 3 aromatic heterocycles. The van der Waals surface area contributed by atoms with Crippen molar-refractivity contribution in [3.63, 3.8) is 0 Å². The molecule has 0 saturated heterocycles. The van der Waals surface area contributed by atoms with Crippen molar-refractivity contribution in [1.29, 1.82) is 0 Å². The highest BCUT2D eigenvalue weighted by atomic mass is 16.2. The van der Waals surface area contributed by atoms with Gasteiger partial charge in [-0.15, -0.1) is 0 Å². The van der Waals surface area contributed by atoms with Crippen molar-refractivity contribution in [1.82, 2.24) is 19.7 Å². The molecule has 1 aliphatic heterocycles. The summed E-state index contributed by atoms with van der Waals surface area (Å²) in [5.74, 6) is 0.216. The average molecular weight is 364 g/mol. The maximum Gasteiger partial charge on any atom is 0.324 e. The minimum atomic E-state index is -0.350. The van der Waals surface area contributed by atoms with Crippen molar-refractivity contribution in [3.8, 4) is 0 Å². The molecular formula is C19H20N6O2. The first kappa shape index (κ1) is 17.0. The van der Waals surface area contributed by atoms with Gasteiger partial charge in [0.15, 0.2) is 5.82 Å². The van der Waals surface area contributed by atoms with Crippen molar-refractivity contribution in [3.05, 3.63) is 54.1 Å². The van der Waals surface area contributed by atoms with Crippen molar-refractivity contribution in [2.75, 3.05) is 16.8 Å². The second-order valence-corrected chi connectivity index (χ2v) is 6.58. The summed E-state index contributed by atoms with van der Waals surface area (Å²) in [5, 5.41) is 5.78. The van der Waals surface area contributed by atoms with Crippen LogP contribution >= 0.6 is 0 Å². The van der Waals surface area contributed by atoms with Gasteiger partial charge in [0, 0.05) is 24.8 Å². The molecule has 4 rings (SSSR count).